The smallest absolute Gasteiger partial charge is 0.323 e. The molecule has 3 atom stereocenters. The molecule has 0 aromatic carbocycles. The molecule has 0 heterocycles. The van der Waals surface area contributed by atoms with Gasteiger partial charge in [-0.25, -0.2) is 0 Å². The molecule has 1 aliphatic rings. The summed E-state index contributed by atoms with van der Waals surface area (Å²) in [6.45, 7) is 10.4. The molecule has 3 heteroatoms. The van der Waals surface area contributed by atoms with Crippen LogP contribution in [0, 0.1) is 17.8 Å². The minimum Gasteiger partial charge on any atom is -0.480 e. The highest BCUT2D eigenvalue weighted by atomic mass is 16.4. The molecule has 0 spiro atoms. The number of nitrogens with zero attached hydrogens (tertiary/aromatic N) is 1. The lowest BCUT2D eigenvalue weighted by Crippen LogP contribution is -2.56. The summed E-state index contributed by atoms with van der Waals surface area (Å²) >= 11 is 0. The van der Waals surface area contributed by atoms with Gasteiger partial charge in [-0.05, 0) is 51.5 Å². The molecule has 106 valence electrons. The number of rotatable bonds is 4. The third kappa shape index (κ3) is 3.05. The van der Waals surface area contributed by atoms with E-state index in [0.29, 0.717) is 23.8 Å². The van der Waals surface area contributed by atoms with Crippen LogP contribution in [-0.2, 0) is 4.79 Å². The van der Waals surface area contributed by atoms with E-state index in [2.05, 4.69) is 25.7 Å². The Morgan fingerprint density at radius 2 is 1.89 bits per heavy atom. The van der Waals surface area contributed by atoms with E-state index >= 15 is 0 Å². The van der Waals surface area contributed by atoms with Gasteiger partial charge in [0.2, 0.25) is 0 Å². The van der Waals surface area contributed by atoms with Gasteiger partial charge in [0.25, 0.3) is 0 Å². The molecule has 0 aromatic rings. The van der Waals surface area contributed by atoms with Gasteiger partial charge in [0.05, 0.1) is 0 Å². The lowest BCUT2D eigenvalue weighted by molar-refractivity contribution is -0.151. The van der Waals surface area contributed by atoms with Crippen molar-refractivity contribution in [2.75, 3.05) is 7.05 Å². The third-order valence-corrected chi connectivity index (χ3v) is 4.89. The van der Waals surface area contributed by atoms with Gasteiger partial charge in [0.15, 0.2) is 0 Å². The van der Waals surface area contributed by atoms with Crippen molar-refractivity contribution in [2.24, 2.45) is 17.8 Å². The van der Waals surface area contributed by atoms with E-state index in [1.54, 1.807) is 0 Å². The Kier molecular flexibility index (Phi) is 4.82. The van der Waals surface area contributed by atoms with Crippen molar-refractivity contribution in [2.45, 2.75) is 65.5 Å². The van der Waals surface area contributed by atoms with Gasteiger partial charge in [0.1, 0.15) is 5.54 Å². The van der Waals surface area contributed by atoms with Crippen LogP contribution in [0.15, 0.2) is 0 Å². The Hall–Kier alpha value is -0.570. The van der Waals surface area contributed by atoms with E-state index in [9.17, 15) is 9.90 Å². The van der Waals surface area contributed by atoms with Gasteiger partial charge in [0, 0.05) is 6.04 Å². The van der Waals surface area contributed by atoms with Crippen LogP contribution in [0.2, 0.25) is 0 Å². The van der Waals surface area contributed by atoms with Crippen molar-refractivity contribution < 1.29 is 9.90 Å². The number of carbonyl (C=O) groups is 1. The largest absolute Gasteiger partial charge is 0.480 e. The summed E-state index contributed by atoms with van der Waals surface area (Å²) in [5.74, 6) is 1.21. The zero-order valence-electron chi connectivity index (χ0n) is 12.7. The van der Waals surface area contributed by atoms with E-state index in [-0.39, 0.29) is 0 Å². The lowest BCUT2D eigenvalue weighted by atomic mass is 9.72. The van der Waals surface area contributed by atoms with Crippen molar-refractivity contribution in [1.29, 1.82) is 0 Å². The average Bonchev–Trinajstić information content (AvgIpc) is 2.27. The van der Waals surface area contributed by atoms with Crippen LogP contribution in [-0.4, -0.2) is 34.6 Å². The molecule has 0 amide bonds. The highest BCUT2D eigenvalue weighted by molar-refractivity contribution is 5.77. The molecule has 0 saturated heterocycles. The molecule has 0 radical (unpaired) electrons. The van der Waals surface area contributed by atoms with Crippen LogP contribution >= 0.6 is 0 Å². The highest BCUT2D eigenvalue weighted by Gasteiger charge is 2.41. The molecule has 1 aliphatic carbocycles. The van der Waals surface area contributed by atoms with Gasteiger partial charge in [-0.15, -0.1) is 0 Å². The van der Waals surface area contributed by atoms with Gasteiger partial charge < -0.3 is 5.11 Å². The Morgan fingerprint density at radius 3 is 2.33 bits per heavy atom. The second-order valence-corrected chi connectivity index (χ2v) is 6.87. The van der Waals surface area contributed by atoms with Crippen molar-refractivity contribution in [3.05, 3.63) is 0 Å². The van der Waals surface area contributed by atoms with Gasteiger partial charge in [-0.2, -0.15) is 0 Å². The van der Waals surface area contributed by atoms with E-state index < -0.39 is 11.5 Å². The summed E-state index contributed by atoms with van der Waals surface area (Å²) in [5.41, 5.74) is -0.783. The molecule has 0 aliphatic heterocycles. The van der Waals surface area contributed by atoms with Crippen LogP contribution in [0.25, 0.3) is 0 Å². The molecule has 1 fully saturated rings. The maximum Gasteiger partial charge on any atom is 0.323 e. The second-order valence-electron chi connectivity index (χ2n) is 6.87. The van der Waals surface area contributed by atoms with Gasteiger partial charge in [-0.1, -0.05) is 27.2 Å². The van der Waals surface area contributed by atoms with Crippen molar-refractivity contribution in [3.63, 3.8) is 0 Å². The zero-order valence-corrected chi connectivity index (χ0v) is 12.7. The molecular weight excluding hydrogens is 226 g/mol. The maximum absolute atomic E-state index is 11.4. The summed E-state index contributed by atoms with van der Waals surface area (Å²) in [6, 6.07) is 0.389. The summed E-state index contributed by atoms with van der Waals surface area (Å²) in [5, 5.41) is 9.39. The third-order valence-electron chi connectivity index (χ3n) is 4.89. The summed E-state index contributed by atoms with van der Waals surface area (Å²) in [7, 11) is 1.98. The number of likely N-dealkylation sites (N-methyl/N-ethyl adjacent to an activating group) is 1. The molecular formula is C15H29NO2. The van der Waals surface area contributed by atoms with Crippen LogP contribution in [0.4, 0.5) is 0 Å². The summed E-state index contributed by atoms with van der Waals surface area (Å²) in [6.07, 6.45) is 3.63. The van der Waals surface area contributed by atoms with Crippen LogP contribution < -0.4 is 0 Å². The molecule has 3 nitrogen and oxygen atoms in total. The first-order chi connectivity index (χ1) is 8.17. The number of aliphatic carboxylic acids is 1. The normalized spacial score (nSPS) is 29.9. The Balaban J connectivity index is 2.91. The molecule has 18 heavy (non-hydrogen) atoms. The monoisotopic (exact) mass is 255 g/mol. The fraction of sp³-hybridized carbons (Fsp3) is 0.933. The Morgan fingerprint density at radius 1 is 1.33 bits per heavy atom. The Bertz CT molecular complexity index is 299. The standard InChI is InChI=1S/C15H29NO2/c1-10(2)12-8-7-11(3)9-13(12)16(6)15(4,5)14(17)18/h10-13H,7-9H2,1-6H3,(H,17,18). The molecule has 0 aromatic heterocycles. The predicted molar refractivity (Wildman–Crippen MR) is 74.6 cm³/mol. The fourth-order valence-corrected chi connectivity index (χ4v) is 3.16. The first-order valence-electron chi connectivity index (χ1n) is 7.14. The molecule has 1 N–H and O–H groups in total. The number of carboxylic acid groups (broad SMARTS) is 1. The maximum atomic E-state index is 11.4. The quantitative estimate of drug-likeness (QED) is 0.838. The molecule has 3 unspecified atom stereocenters. The van der Waals surface area contributed by atoms with Gasteiger partial charge in [-0.3, -0.25) is 9.69 Å². The number of carboxylic acids is 1. The predicted octanol–water partition coefficient (Wildman–Crippen LogP) is 3.24. The number of hydrogen-bond donors (Lipinski definition) is 1. The topological polar surface area (TPSA) is 40.5 Å². The van der Waals surface area contributed by atoms with E-state index in [1.807, 2.05) is 20.9 Å². The molecule has 1 saturated carbocycles. The van der Waals surface area contributed by atoms with E-state index in [0.717, 1.165) is 6.42 Å². The zero-order chi connectivity index (χ0) is 14.1. The molecule has 1 rings (SSSR count). The highest BCUT2D eigenvalue weighted by Crippen LogP contribution is 2.38. The second kappa shape index (κ2) is 5.60. The van der Waals surface area contributed by atoms with Crippen LogP contribution in [0.3, 0.4) is 0 Å². The molecule has 0 bridgehead atoms. The minimum absolute atomic E-state index is 0.389. The van der Waals surface area contributed by atoms with Crippen molar-refractivity contribution in [1.82, 2.24) is 4.90 Å². The first-order valence-corrected chi connectivity index (χ1v) is 7.14. The minimum atomic E-state index is -0.783. The lowest BCUT2D eigenvalue weighted by Gasteiger charge is -2.47. The van der Waals surface area contributed by atoms with Crippen molar-refractivity contribution >= 4 is 5.97 Å². The van der Waals surface area contributed by atoms with Crippen LogP contribution in [0.5, 0.6) is 0 Å². The summed E-state index contributed by atoms with van der Waals surface area (Å²) in [4.78, 5) is 13.5. The van der Waals surface area contributed by atoms with Gasteiger partial charge >= 0.3 is 5.97 Å². The Labute approximate surface area is 112 Å². The van der Waals surface area contributed by atoms with Crippen LogP contribution in [0.1, 0.15) is 53.9 Å². The first kappa shape index (κ1) is 15.5. The van der Waals surface area contributed by atoms with E-state index in [4.69, 9.17) is 0 Å². The number of hydrogen-bond acceptors (Lipinski definition) is 2. The SMILES string of the molecule is CC1CCC(C(C)C)C(N(C)C(C)(C)C(=O)O)C1. The summed E-state index contributed by atoms with van der Waals surface area (Å²) < 4.78 is 0. The van der Waals surface area contributed by atoms with Crippen molar-refractivity contribution in [3.8, 4) is 0 Å². The fourth-order valence-electron chi connectivity index (χ4n) is 3.16. The average molecular weight is 255 g/mol. The van der Waals surface area contributed by atoms with E-state index in [1.165, 1.54) is 12.8 Å².